The molecule has 0 atom stereocenters. The van der Waals surface area contributed by atoms with Crippen LogP contribution in [0.25, 0.3) is 10.4 Å². The summed E-state index contributed by atoms with van der Waals surface area (Å²) in [6, 6.07) is 11.3. The molecule has 2 rings (SSSR count). The van der Waals surface area contributed by atoms with Crippen molar-refractivity contribution in [2.24, 2.45) is 15.4 Å². The molecule has 128 valence electrons. The first-order valence-electron chi connectivity index (χ1n) is 6.10. The van der Waals surface area contributed by atoms with Gasteiger partial charge in [0.05, 0.1) is 9.79 Å². The molecule has 0 fully saturated rings. The van der Waals surface area contributed by atoms with E-state index in [0.29, 0.717) is 5.69 Å². The van der Waals surface area contributed by atoms with Gasteiger partial charge in [0.2, 0.25) is 20.0 Å². The van der Waals surface area contributed by atoms with Crippen molar-refractivity contribution in [1.82, 2.24) is 0 Å². The van der Waals surface area contributed by atoms with Gasteiger partial charge in [-0.1, -0.05) is 23.3 Å². The van der Waals surface area contributed by atoms with Crippen molar-refractivity contribution in [2.45, 2.75) is 9.79 Å². The molecule has 0 amide bonds. The molecule has 6 N–H and O–H groups in total. The molecule has 10 nitrogen and oxygen atoms in total. The Balaban J connectivity index is 0.000000243. The van der Waals surface area contributed by atoms with Crippen LogP contribution in [-0.2, 0) is 20.0 Å². The Kier molecular flexibility index (Phi) is 6.28. The molecule has 0 aromatic heterocycles. The Bertz CT molecular complexity index is 982. The maximum Gasteiger partial charge on any atom is 0.238 e. The highest BCUT2D eigenvalue weighted by Crippen LogP contribution is 2.16. The van der Waals surface area contributed by atoms with Gasteiger partial charge in [0, 0.05) is 16.3 Å². The highest BCUT2D eigenvalue weighted by atomic mass is 32.2. The van der Waals surface area contributed by atoms with Crippen LogP contribution < -0.4 is 16.0 Å². The van der Waals surface area contributed by atoms with Gasteiger partial charge < -0.3 is 5.73 Å². The summed E-state index contributed by atoms with van der Waals surface area (Å²) in [4.78, 5) is 2.49. The van der Waals surface area contributed by atoms with E-state index in [1.807, 2.05) is 0 Å². The van der Waals surface area contributed by atoms with Crippen molar-refractivity contribution in [1.29, 1.82) is 0 Å². The standard InChI is InChI=1S/C6H6N4O2S.C6H8N2O2S/c7-10-9-5-2-1-3-6(4-5)13(8,11)12;7-5-2-1-3-6(4-5)11(8,9)10/h1-4H,(H2,8,11,12);1-4H,7H2,(H2,8,9,10). The van der Waals surface area contributed by atoms with Gasteiger partial charge in [-0.05, 0) is 35.9 Å². The van der Waals surface area contributed by atoms with Crippen LogP contribution in [-0.4, -0.2) is 16.8 Å². The Hall–Kier alpha value is -2.63. The second-order valence-corrected chi connectivity index (χ2v) is 7.47. The number of benzene rings is 2. The molecule has 0 unspecified atom stereocenters. The highest BCUT2D eigenvalue weighted by Gasteiger charge is 2.07. The maximum atomic E-state index is 10.8. The van der Waals surface area contributed by atoms with Crippen molar-refractivity contribution >= 4 is 31.4 Å². The van der Waals surface area contributed by atoms with Crippen LogP contribution in [0.3, 0.4) is 0 Å². The smallest absolute Gasteiger partial charge is 0.238 e. The first-order valence-corrected chi connectivity index (χ1v) is 9.19. The summed E-state index contributed by atoms with van der Waals surface area (Å²) in [5.74, 6) is 0. The lowest BCUT2D eigenvalue weighted by Gasteiger charge is -1.97. The fourth-order valence-corrected chi connectivity index (χ4v) is 2.59. The van der Waals surface area contributed by atoms with Crippen LogP contribution in [0, 0.1) is 0 Å². The molecule has 12 heteroatoms. The SMILES string of the molecule is Nc1cccc(S(N)(=O)=O)c1.[N-]=[N+]=Nc1cccc(S(N)(=O)=O)c1. The van der Waals surface area contributed by atoms with Crippen molar-refractivity contribution in [3.8, 4) is 0 Å². The molecule has 0 saturated carbocycles. The van der Waals surface area contributed by atoms with Gasteiger partial charge in [-0.15, -0.1) is 0 Å². The van der Waals surface area contributed by atoms with E-state index in [4.69, 9.17) is 21.5 Å². The molecule has 0 radical (unpaired) electrons. The van der Waals surface area contributed by atoms with Crippen LogP contribution >= 0.6 is 0 Å². The van der Waals surface area contributed by atoms with E-state index in [2.05, 4.69) is 10.0 Å². The number of anilines is 1. The number of hydrogen-bond acceptors (Lipinski definition) is 6. The predicted octanol–water partition coefficient (Wildman–Crippen LogP) is 1.19. The normalized spacial score (nSPS) is 10.9. The number of primary sulfonamides is 2. The van der Waals surface area contributed by atoms with Crippen LogP contribution in [0.4, 0.5) is 11.4 Å². The van der Waals surface area contributed by atoms with E-state index in [1.54, 1.807) is 6.07 Å². The van der Waals surface area contributed by atoms with E-state index in [0.717, 1.165) is 0 Å². The Morgan fingerprint density at radius 2 is 1.38 bits per heavy atom. The molecular weight excluding hydrogens is 356 g/mol. The third-order valence-corrected chi connectivity index (χ3v) is 4.31. The molecule has 0 spiro atoms. The predicted molar refractivity (Wildman–Crippen MR) is 88.8 cm³/mol. The summed E-state index contributed by atoms with van der Waals surface area (Å²) >= 11 is 0. The van der Waals surface area contributed by atoms with Crippen LogP contribution in [0.15, 0.2) is 63.4 Å². The zero-order chi connectivity index (χ0) is 18.4. The molecule has 0 aliphatic heterocycles. The van der Waals surface area contributed by atoms with E-state index in [1.165, 1.54) is 42.5 Å². The summed E-state index contributed by atoms with van der Waals surface area (Å²) in [5, 5.41) is 12.9. The molecule has 0 saturated heterocycles. The molecular formula is C12H14N6O4S2. The molecule has 0 aliphatic rings. The number of azide groups is 1. The number of hydrogen-bond donors (Lipinski definition) is 3. The van der Waals surface area contributed by atoms with Gasteiger partial charge in [-0.3, -0.25) is 0 Å². The van der Waals surface area contributed by atoms with E-state index in [9.17, 15) is 16.8 Å². The highest BCUT2D eigenvalue weighted by molar-refractivity contribution is 7.89. The van der Waals surface area contributed by atoms with Crippen molar-refractivity contribution in [3.63, 3.8) is 0 Å². The zero-order valence-electron chi connectivity index (χ0n) is 12.1. The minimum atomic E-state index is -3.73. The van der Waals surface area contributed by atoms with Gasteiger partial charge in [-0.2, -0.15) is 0 Å². The van der Waals surface area contributed by atoms with Gasteiger partial charge in [0.15, 0.2) is 0 Å². The minimum absolute atomic E-state index is 0.0394. The number of nitrogens with zero attached hydrogens (tertiary/aromatic N) is 3. The summed E-state index contributed by atoms with van der Waals surface area (Å²) < 4.78 is 43.1. The lowest BCUT2D eigenvalue weighted by Crippen LogP contribution is -2.12. The largest absolute Gasteiger partial charge is 0.399 e. The zero-order valence-corrected chi connectivity index (χ0v) is 13.8. The molecule has 0 heterocycles. The summed E-state index contributed by atoms with van der Waals surface area (Å²) in [6.07, 6.45) is 0. The Labute approximate surface area is 138 Å². The fraction of sp³-hybridized carbons (Fsp3) is 0. The average Bonchev–Trinajstić information content (AvgIpc) is 2.47. The third kappa shape index (κ3) is 6.24. The summed E-state index contributed by atoms with van der Waals surface area (Å²) in [7, 11) is -7.33. The molecule has 0 bridgehead atoms. The number of sulfonamides is 2. The van der Waals surface area contributed by atoms with Crippen LogP contribution in [0.2, 0.25) is 0 Å². The van der Waals surface area contributed by atoms with Crippen molar-refractivity contribution in [3.05, 3.63) is 59.0 Å². The lowest BCUT2D eigenvalue weighted by molar-refractivity contribution is 0.596. The summed E-state index contributed by atoms with van der Waals surface area (Å²) in [6.45, 7) is 0. The van der Waals surface area contributed by atoms with E-state index >= 15 is 0 Å². The third-order valence-electron chi connectivity index (χ3n) is 2.49. The Morgan fingerprint density at radius 1 is 0.875 bits per heavy atom. The quantitative estimate of drug-likeness (QED) is 0.315. The monoisotopic (exact) mass is 370 g/mol. The molecule has 0 aliphatic carbocycles. The topological polar surface area (TPSA) is 195 Å². The first-order chi connectivity index (χ1) is 11.0. The number of nitrogen functional groups attached to an aromatic ring is 1. The van der Waals surface area contributed by atoms with Crippen LogP contribution in [0.5, 0.6) is 0 Å². The first kappa shape index (κ1) is 19.4. The Morgan fingerprint density at radius 3 is 1.79 bits per heavy atom. The van der Waals surface area contributed by atoms with Gasteiger partial charge >= 0.3 is 0 Å². The van der Waals surface area contributed by atoms with Crippen molar-refractivity contribution in [2.75, 3.05) is 5.73 Å². The van der Waals surface area contributed by atoms with Crippen LogP contribution in [0.1, 0.15) is 0 Å². The van der Waals surface area contributed by atoms with Gasteiger partial charge in [-0.25, -0.2) is 27.1 Å². The van der Waals surface area contributed by atoms with Gasteiger partial charge in [0.25, 0.3) is 0 Å². The second-order valence-electron chi connectivity index (χ2n) is 4.35. The van der Waals surface area contributed by atoms with E-state index in [-0.39, 0.29) is 15.5 Å². The van der Waals surface area contributed by atoms with Gasteiger partial charge in [0.1, 0.15) is 0 Å². The minimum Gasteiger partial charge on any atom is -0.399 e. The number of nitrogens with two attached hydrogens (primary N) is 3. The average molecular weight is 370 g/mol. The number of rotatable bonds is 3. The summed E-state index contributed by atoms with van der Waals surface area (Å²) in [5.41, 5.74) is 14.0. The molecule has 2 aromatic carbocycles. The second kappa shape index (κ2) is 7.77. The molecule has 24 heavy (non-hydrogen) atoms. The lowest BCUT2D eigenvalue weighted by atomic mass is 10.3. The fourth-order valence-electron chi connectivity index (χ4n) is 1.47. The van der Waals surface area contributed by atoms with E-state index < -0.39 is 20.0 Å². The maximum absolute atomic E-state index is 10.8. The molecule has 2 aromatic rings. The van der Waals surface area contributed by atoms with Crippen molar-refractivity contribution < 1.29 is 16.8 Å².